The summed E-state index contributed by atoms with van der Waals surface area (Å²) in [6.07, 6.45) is 0. The zero-order valence-corrected chi connectivity index (χ0v) is 13.3. The molecule has 0 saturated heterocycles. The van der Waals surface area contributed by atoms with Crippen LogP contribution in [-0.4, -0.2) is 0 Å². The number of hydrogen-bond acceptors (Lipinski definition) is 1. The average Bonchev–Trinajstić information content (AvgIpc) is 2.56. The van der Waals surface area contributed by atoms with E-state index in [2.05, 4.69) is 0 Å². The van der Waals surface area contributed by atoms with Crippen molar-refractivity contribution in [1.29, 1.82) is 0 Å². The van der Waals surface area contributed by atoms with Crippen LogP contribution in [0.2, 0.25) is 0 Å². The maximum absolute atomic E-state index is 14.4. The van der Waals surface area contributed by atoms with Crippen molar-refractivity contribution in [2.24, 2.45) is 0 Å². The van der Waals surface area contributed by atoms with E-state index in [-0.39, 0.29) is 0 Å². The lowest BCUT2D eigenvalue weighted by Crippen LogP contribution is -2.28. The van der Waals surface area contributed by atoms with Gasteiger partial charge < -0.3 is 0 Å². The van der Waals surface area contributed by atoms with Gasteiger partial charge in [-0.15, -0.1) is 0 Å². The average molecular weight is 330 g/mol. The maximum Gasteiger partial charge on any atom is 0.132 e. The highest BCUT2D eigenvalue weighted by Gasteiger charge is 2.29. The zero-order chi connectivity index (χ0) is 15.6. The van der Waals surface area contributed by atoms with Crippen LogP contribution in [0.3, 0.4) is 0 Å². The monoisotopic (exact) mass is 330 g/mol. The van der Waals surface area contributed by atoms with Gasteiger partial charge in [0.1, 0.15) is 11.6 Å². The molecule has 0 amide bonds. The van der Waals surface area contributed by atoms with E-state index in [1.807, 2.05) is 30.3 Å². The summed E-state index contributed by atoms with van der Waals surface area (Å²) in [7, 11) is 0. The number of benzene rings is 3. The molecule has 0 aromatic heterocycles. The molecule has 0 spiro atoms. The third-order valence-corrected chi connectivity index (χ3v) is 8.42. The Hall–Kier alpha value is -1.83. The first-order chi connectivity index (χ1) is 10.6. The summed E-state index contributed by atoms with van der Waals surface area (Å²) >= 11 is 5.91. The molecule has 0 nitrogen and oxygen atoms in total. The Morgan fingerprint density at radius 3 is 1.45 bits per heavy atom. The van der Waals surface area contributed by atoms with Gasteiger partial charge in [0.15, 0.2) is 0 Å². The summed E-state index contributed by atoms with van der Waals surface area (Å²) < 4.78 is 28.9. The van der Waals surface area contributed by atoms with Gasteiger partial charge in [-0.2, -0.15) is 0 Å². The van der Waals surface area contributed by atoms with E-state index in [1.54, 1.807) is 36.4 Å². The molecule has 0 N–H and O–H groups in total. The van der Waals surface area contributed by atoms with Crippen molar-refractivity contribution in [3.63, 3.8) is 0 Å². The molecule has 0 radical (unpaired) electrons. The van der Waals surface area contributed by atoms with Crippen LogP contribution in [0.5, 0.6) is 0 Å². The Bertz CT molecular complexity index is 797. The maximum atomic E-state index is 14.4. The first-order valence-electron chi connectivity index (χ1n) is 6.80. The van der Waals surface area contributed by atoms with E-state index < -0.39 is 17.7 Å². The van der Waals surface area contributed by atoms with Crippen LogP contribution in [-0.2, 0) is 11.8 Å². The highest BCUT2D eigenvalue weighted by molar-refractivity contribution is 8.25. The van der Waals surface area contributed by atoms with Crippen LogP contribution in [0, 0.1) is 11.6 Å². The van der Waals surface area contributed by atoms with E-state index in [9.17, 15) is 8.78 Å². The fourth-order valence-electron chi connectivity index (χ4n) is 2.46. The van der Waals surface area contributed by atoms with Crippen molar-refractivity contribution in [2.75, 3.05) is 0 Å². The summed E-state index contributed by atoms with van der Waals surface area (Å²) in [6.45, 7) is 0. The van der Waals surface area contributed by atoms with Gasteiger partial charge in [-0.1, -0.05) is 78.5 Å². The van der Waals surface area contributed by atoms with Gasteiger partial charge in [0, 0.05) is 16.6 Å². The quantitative estimate of drug-likeness (QED) is 0.660. The molecule has 0 unspecified atom stereocenters. The van der Waals surface area contributed by atoms with Crippen LogP contribution in [0.4, 0.5) is 8.78 Å². The standard InChI is InChI=1S/C18H13F2PS/c19-15-10-4-6-12-17(15)21(22,14-8-2-1-3-9-14)18-13-7-5-11-16(18)20/h1-13H. The summed E-state index contributed by atoms with van der Waals surface area (Å²) in [5.74, 6) is -0.782. The Morgan fingerprint density at radius 1 is 0.591 bits per heavy atom. The minimum Gasteiger partial charge on any atom is -0.206 e. The second-order valence-electron chi connectivity index (χ2n) is 4.85. The summed E-state index contributed by atoms with van der Waals surface area (Å²) in [4.78, 5) is 0. The second-order valence-corrected chi connectivity index (χ2v) is 9.19. The van der Waals surface area contributed by atoms with E-state index in [0.29, 0.717) is 10.6 Å². The molecule has 0 bridgehead atoms. The van der Waals surface area contributed by atoms with Crippen molar-refractivity contribution in [3.05, 3.63) is 90.5 Å². The fourth-order valence-corrected chi connectivity index (χ4v) is 6.46. The molecular formula is C18H13F2PS. The van der Waals surface area contributed by atoms with Crippen LogP contribution in [0.1, 0.15) is 0 Å². The fraction of sp³-hybridized carbons (Fsp3) is 0. The molecular weight excluding hydrogens is 317 g/mol. The van der Waals surface area contributed by atoms with Crippen LogP contribution in [0.25, 0.3) is 0 Å². The van der Waals surface area contributed by atoms with Gasteiger partial charge in [-0.3, -0.25) is 0 Å². The zero-order valence-electron chi connectivity index (χ0n) is 11.6. The van der Waals surface area contributed by atoms with E-state index >= 15 is 0 Å². The lowest BCUT2D eigenvalue weighted by Gasteiger charge is -2.24. The predicted molar refractivity (Wildman–Crippen MR) is 92.4 cm³/mol. The topological polar surface area (TPSA) is 0 Å². The van der Waals surface area contributed by atoms with Gasteiger partial charge in [0.2, 0.25) is 0 Å². The highest BCUT2D eigenvalue weighted by atomic mass is 32.4. The lowest BCUT2D eigenvalue weighted by molar-refractivity contribution is 0.634. The molecule has 0 heterocycles. The van der Waals surface area contributed by atoms with Gasteiger partial charge in [0.05, 0.1) is 0 Å². The molecule has 0 saturated carbocycles. The number of hydrogen-bond donors (Lipinski definition) is 0. The molecule has 0 aliphatic carbocycles. The Morgan fingerprint density at radius 2 is 1.00 bits per heavy atom. The molecule has 3 rings (SSSR count). The molecule has 0 aliphatic heterocycles. The summed E-state index contributed by atoms with van der Waals surface area (Å²) in [5.41, 5.74) is 0. The smallest absolute Gasteiger partial charge is 0.132 e. The lowest BCUT2D eigenvalue weighted by atomic mass is 10.3. The summed E-state index contributed by atoms with van der Waals surface area (Å²) in [5, 5.41) is 1.56. The molecule has 22 heavy (non-hydrogen) atoms. The number of rotatable bonds is 3. The van der Waals surface area contributed by atoms with Gasteiger partial charge in [0.25, 0.3) is 0 Å². The normalized spacial score (nSPS) is 11.4. The van der Waals surface area contributed by atoms with Crippen molar-refractivity contribution in [2.45, 2.75) is 0 Å². The van der Waals surface area contributed by atoms with Gasteiger partial charge in [-0.05, 0) is 17.4 Å². The third-order valence-electron chi connectivity index (χ3n) is 3.50. The molecule has 3 aromatic carbocycles. The van der Waals surface area contributed by atoms with Crippen LogP contribution >= 0.6 is 6.04 Å². The SMILES string of the molecule is Fc1ccccc1P(=S)(c1ccccc1)c1ccccc1F. The van der Waals surface area contributed by atoms with Crippen molar-refractivity contribution >= 4 is 33.8 Å². The van der Waals surface area contributed by atoms with Gasteiger partial charge >= 0.3 is 0 Å². The molecule has 4 heteroatoms. The van der Waals surface area contributed by atoms with Crippen molar-refractivity contribution in [3.8, 4) is 0 Å². The molecule has 0 fully saturated rings. The van der Waals surface area contributed by atoms with Gasteiger partial charge in [-0.25, -0.2) is 8.78 Å². The minimum absolute atomic E-state index is 0.390. The second kappa shape index (κ2) is 6.12. The number of halogens is 2. The van der Waals surface area contributed by atoms with Crippen molar-refractivity contribution < 1.29 is 8.78 Å². The van der Waals surface area contributed by atoms with Crippen LogP contribution < -0.4 is 15.9 Å². The molecule has 0 atom stereocenters. The van der Waals surface area contributed by atoms with Crippen LogP contribution in [0.15, 0.2) is 78.9 Å². The molecule has 0 aliphatic rings. The largest absolute Gasteiger partial charge is 0.206 e. The molecule has 3 aromatic rings. The third kappa shape index (κ3) is 2.51. The summed E-state index contributed by atoms with van der Waals surface area (Å²) in [6, 6.07) is 19.3. The first-order valence-corrected chi connectivity index (χ1v) is 9.60. The van der Waals surface area contributed by atoms with Crippen molar-refractivity contribution in [1.82, 2.24) is 0 Å². The van der Waals surface area contributed by atoms with E-state index in [1.165, 1.54) is 12.1 Å². The Labute approximate surface area is 133 Å². The Kier molecular flexibility index (Phi) is 4.19. The Balaban J connectivity index is 2.37. The highest BCUT2D eigenvalue weighted by Crippen LogP contribution is 2.44. The predicted octanol–water partition coefficient (Wildman–Crippen LogP) is 3.72. The van der Waals surface area contributed by atoms with E-state index in [0.717, 1.165) is 5.30 Å². The first kappa shape index (κ1) is 15.1. The minimum atomic E-state index is -2.77. The van der Waals surface area contributed by atoms with E-state index in [4.69, 9.17) is 11.8 Å². The molecule has 110 valence electrons.